The summed E-state index contributed by atoms with van der Waals surface area (Å²) in [6, 6.07) is 0.663. The van der Waals surface area contributed by atoms with Crippen molar-refractivity contribution < 1.29 is 9.90 Å². The third kappa shape index (κ3) is 2.99. The van der Waals surface area contributed by atoms with Crippen LogP contribution in [0.1, 0.15) is 33.1 Å². The second-order valence-electron chi connectivity index (χ2n) is 5.98. The van der Waals surface area contributed by atoms with Crippen molar-refractivity contribution in [2.45, 2.75) is 39.2 Å². The van der Waals surface area contributed by atoms with E-state index in [2.05, 4.69) is 23.6 Å². The van der Waals surface area contributed by atoms with E-state index in [1.54, 1.807) is 0 Å². The normalized spacial score (nSPS) is 25.1. The highest BCUT2D eigenvalue weighted by atomic mass is 16.4. The van der Waals surface area contributed by atoms with Crippen LogP contribution in [-0.2, 0) is 4.79 Å². The van der Waals surface area contributed by atoms with Gasteiger partial charge in [-0.1, -0.05) is 0 Å². The van der Waals surface area contributed by atoms with Gasteiger partial charge in [-0.05, 0) is 45.2 Å². The monoisotopic (exact) mass is 240 g/mol. The van der Waals surface area contributed by atoms with E-state index in [-0.39, 0.29) is 6.42 Å². The highest BCUT2D eigenvalue weighted by Gasteiger charge is 2.44. The molecule has 2 fully saturated rings. The largest absolute Gasteiger partial charge is 0.481 e. The van der Waals surface area contributed by atoms with Gasteiger partial charge >= 0.3 is 5.97 Å². The standard InChI is InChI=1S/C13H24N2O2/c1-11(2)15-7-4-13(5-8-15)9-14(10-13)6-3-12(16)17/h11H,3-10H2,1-2H3,(H,16,17). The van der Waals surface area contributed by atoms with Crippen molar-refractivity contribution in [2.24, 2.45) is 5.41 Å². The topological polar surface area (TPSA) is 43.8 Å². The highest BCUT2D eigenvalue weighted by Crippen LogP contribution is 2.40. The van der Waals surface area contributed by atoms with Crippen LogP contribution in [0.5, 0.6) is 0 Å². The Labute approximate surface area is 104 Å². The number of piperidine rings is 1. The fraction of sp³-hybridized carbons (Fsp3) is 0.923. The van der Waals surface area contributed by atoms with Crippen LogP contribution in [0.3, 0.4) is 0 Å². The summed E-state index contributed by atoms with van der Waals surface area (Å²) in [4.78, 5) is 15.3. The lowest BCUT2D eigenvalue weighted by Crippen LogP contribution is -2.60. The third-order valence-corrected chi connectivity index (χ3v) is 4.35. The molecule has 1 spiro atoms. The summed E-state index contributed by atoms with van der Waals surface area (Å²) in [5.41, 5.74) is 0.518. The first kappa shape index (κ1) is 12.8. The van der Waals surface area contributed by atoms with Gasteiger partial charge in [0.05, 0.1) is 6.42 Å². The van der Waals surface area contributed by atoms with Crippen molar-refractivity contribution in [3.63, 3.8) is 0 Å². The Hall–Kier alpha value is -0.610. The minimum atomic E-state index is -0.680. The van der Waals surface area contributed by atoms with Crippen LogP contribution in [-0.4, -0.2) is 59.6 Å². The molecule has 0 aromatic rings. The molecule has 98 valence electrons. The van der Waals surface area contributed by atoms with Crippen molar-refractivity contribution in [1.29, 1.82) is 0 Å². The minimum Gasteiger partial charge on any atom is -0.481 e. The first-order chi connectivity index (χ1) is 8.01. The van der Waals surface area contributed by atoms with E-state index >= 15 is 0 Å². The van der Waals surface area contributed by atoms with Crippen LogP contribution in [0.2, 0.25) is 0 Å². The molecule has 0 aliphatic carbocycles. The molecule has 0 amide bonds. The van der Waals surface area contributed by atoms with Gasteiger partial charge in [0.25, 0.3) is 0 Å². The number of likely N-dealkylation sites (tertiary alicyclic amines) is 2. The van der Waals surface area contributed by atoms with Gasteiger partial charge in [0.1, 0.15) is 0 Å². The zero-order valence-electron chi connectivity index (χ0n) is 11.0. The van der Waals surface area contributed by atoms with Crippen LogP contribution < -0.4 is 0 Å². The van der Waals surface area contributed by atoms with Gasteiger partial charge in [0, 0.05) is 25.7 Å². The Morgan fingerprint density at radius 3 is 2.35 bits per heavy atom. The third-order valence-electron chi connectivity index (χ3n) is 4.35. The molecule has 0 saturated carbocycles. The van der Waals surface area contributed by atoms with Gasteiger partial charge < -0.3 is 14.9 Å². The molecule has 2 rings (SSSR count). The summed E-state index contributed by atoms with van der Waals surface area (Å²) in [6.07, 6.45) is 2.86. The molecule has 17 heavy (non-hydrogen) atoms. The number of aliphatic carboxylic acids is 1. The van der Waals surface area contributed by atoms with Gasteiger partial charge in [0.15, 0.2) is 0 Å². The molecule has 2 heterocycles. The zero-order chi connectivity index (χ0) is 12.5. The van der Waals surface area contributed by atoms with Crippen LogP contribution in [0.15, 0.2) is 0 Å². The molecular formula is C13H24N2O2. The van der Waals surface area contributed by atoms with Crippen LogP contribution >= 0.6 is 0 Å². The molecule has 0 atom stereocenters. The predicted octanol–water partition coefficient (Wildman–Crippen LogP) is 1.27. The molecule has 2 aliphatic rings. The number of carboxylic acid groups (broad SMARTS) is 1. The van der Waals surface area contributed by atoms with Gasteiger partial charge in [-0.25, -0.2) is 0 Å². The molecule has 0 unspecified atom stereocenters. The number of carbonyl (C=O) groups is 1. The maximum atomic E-state index is 10.5. The fourth-order valence-corrected chi connectivity index (χ4v) is 3.15. The second kappa shape index (κ2) is 4.94. The number of hydrogen-bond donors (Lipinski definition) is 1. The van der Waals surface area contributed by atoms with E-state index in [1.165, 1.54) is 25.9 Å². The van der Waals surface area contributed by atoms with Crippen LogP contribution in [0.25, 0.3) is 0 Å². The lowest BCUT2D eigenvalue weighted by Gasteiger charge is -2.54. The summed E-state index contributed by atoms with van der Waals surface area (Å²) < 4.78 is 0. The van der Waals surface area contributed by atoms with Crippen molar-refractivity contribution in [3.05, 3.63) is 0 Å². The average Bonchev–Trinajstić information content (AvgIpc) is 2.23. The van der Waals surface area contributed by atoms with Crippen LogP contribution in [0.4, 0.5) is 0 Å². The lowest BCUT2D eigenvalue weighted by molar-refractivity contribution is -0.138. The Balaban J connectivity index is 1.70. The Bertz CT molecular complexity index is 275. The quantitative estimate of drug-likeness (QED) is 0.803. The van der Waals surface area contributed by atoms with E-state index in [9.17, 15) is 4.79 Å². The molecule has 0 aromatic heterocycles. The molecule has 1 N–H and O–H groups in total. The number of nitrogens with zero attached hydrogens (tertiary/aromatic N) is 2. The Kier molecular flexibility index (Phi) is 3.73. The first-order valence-electron chi connectivity index (χ1n) is 6.69. The van der Waals surface area contributed by atoms with Crippen molar-refractivity contribution in [1.82, 2.24) is 9.80 Å². The molecule has 0 bridgehead atoms. The maximum Gasteiger partial charge on any atom is 0.304 e. The number of hydrogen-bond acceptors (Lipinski definition) is 3. The van der Waals surface area contributed by atoms with Gasteiger partial charge in [-0.15, -0.1) is 0 Å². The smallest absolute Gasteiger partial charge is 0.304 e. The molecule has 2 aliphatic heterocycles. The summed E-state index contributed by atoms with van der Waals surface area (Å²) in [7, 11) is 0. The summed E-state index contributed by atoms with van der Waals surface area (Å²) in [5, 5.41) is 8.65. The SMILES string of the molecule is CC(C)N1CCC2(CC1)CN(CCC(=O)O)C2. The molecule has 4 nitrogen and oxygen atoms in total. The van der Waals surface area contributed by atoms with Crippen LogP contribution in [0, 0.1) is 5.41 Å². The minimum absolute atomic E-state index is 0.286. The molecular weight excluding hydrogens is 216 g/mol. The second-order valence-corrected chi connectivity index (χ2v) is 5.98. The van der Waals surface area contributed by atoms with Crippen molar-refractivity contribution in [2.75, 3.05) is 32.7 Å². The number of carboxylic acids is 1. The van der Waals surface area contributed by atoms with Crippen molar-refractivity contribution >= 4 is 5.97 Å². The first-order valence-corrected chi connectivity index (χ1v) is 6.69. The molecule has 0 radical (unpaired) electrons. The lowest BCUT2D eigenvalue weighted by atomic mass is 9.72. The Morgan fingerprint density at radius 2 is 1.88 bits per heavy atom. The fourth-order valence-electron chi connectivity index (χ4n) is 3.15. The summed E-state index contributed by atoms with van der Waals surface area (Å²) in [5.74, 6) is -0.680. The molecule has 2 saturated heterocycles. The van der Waals surface area contributed by atoms with E-state index in [4.69, 9.17) is 5.11 Å². The number of rotatable bonds is 4. The van der Waals surface area contributed by atoms with Gasteiger partial charge in [-0.2, -0.15) is 0 Å². The van der Waals surface area contributed by atoms with Gasteiger partial charge in [-0.3, -0.25) is 4.79 Å². The average molecular weight is 240 g/mol. The summed E-state index contributed by atoms with van der Waals surface area (Å²) in [6.45, 7) is 9.91. The summed E-state index contributed by atoms with van der Waals surface area (Å²) >= 11 is 0. The zero-order valence-corrected chi connectivity index (χ0v) is 11.0. The highest BCUT2D eigenvalue weighted by molar-refractivity contribution is 5.66. The van der Waals surface area contributed by atoms with E-state index in [0.717, 1.165) is 19.6 Å². The van der Waals surface area contributed by atoms with E-state index < -0.39 is 5.97 Å². The van der Waals surface area contributed by atoms with E-state index in [1.807, 2.05) is 0 Å². The van der Waals surface area contributed by atoms with Gasteiger partial charge in [0.2, 0.25) is 0 Å². The van der Waals surface area contributed by atoms with Crippen molar-refractivity contribution in [3.8, 4) is 0 Å². The molecule has 0 aromatic carbocycles. The molecule has 4 heteroatoms. The Morgan fingerprint density at radius 1 is 1.29 bits per heavy atom. The maximum absolute atomic E-state index is 10.5. The van der Waals surface area contributed by atoms with E-state index in [0.29, 0.717) is 11.5 Å². The predicted molar refractivity (Wildman–Crippen MR) is 67.1 cm³/mol.